The second-order valence-corrected chi connectivity index (χ2v) is 6.50. The van der Waals surface area contributed by atoms with Crippen molar-refractivity contribution < 1.29 is 14.3 Å². The van der Waals surface area contributed by atoms with Crippen molar-refractivity contribution in [1.29, 1.82) is 5.26 Å². The van der Waals surface area contributed by atoms with Gasteiger partial charge in [0.1, 0.15) is 36.4 Å². The fraction of sp³-hybridized carbons (Fsp3) is 0.273. The number of carbonyl (C=O) groups is 1. The van der Waals surface area contributed by atoms with Gasteiger partial charge in [-0.1, -0.05) is 38.1 Å². The zero-order chi connectivity index (χ0) is 19.8. The average molecular weight is 364 g/mol. The molecule has 0 saturated heterocycles. The zero-order valence-electron chi connectivity index (χ0n) is 15.9. The van der Waals surface area contributed by atoms with Gasteiger partial charge in [-0.25, -0.2) is 0 Å². The Morgan fingerprint density at radius 1 is 1.15 bits per heavy atom. The lowest BCUT2D eigenvalue weighted by Crippen LogP contribution is -2.12. The fourth-order valence-corrected chi connectivity index (χ4v) is 2.54. The number of amides is 1. The molecule has 0 aliphatic carbocycles. The number of nitriles is 1. The van der Waals surface area contributed by atoms with Crippen molar-refractivity contribution in [3.8, 4) is 17.6 Å². The second-order valence-electron chi connectivity index (χ2n) is 6.50. The maximum absolute atomic E-state index is 11.1. The third-order valence-corrected chi connectivity index (χ3v) is 3.98. The van der Waals surface area contributed by atoms with Gasteiger partial charge < -0.3 is 15.2 Å². The molecule has 2 aromatic carbocycles. The van der Waals surface area contributed by atoms with Crippen molar-refractivity contribution in [2.24, 2.45) is 5.73 Å². The fourth-order valence-electron chi connectivity index (χ4n) is 2.54. The molecule has 2 rings (SSSR count). The first-order valence-electron chi connectivity index (χ1n) is 8.78. The van der Waals surface area contributed by atoms with Crippen LogP contribution in [0.2, 0.25) is 0 Å². The van der Waals surface area contributed by atoms with E-state index in [9.17, 15) is 4.79 Å². The van der Waals surface area contributed by atoms with Gasteiger partial charge in [0.25, 0.3) is 5.91 Å². The molecule has 2 N–H and O–H groups in total. The lowest BCUT2D eigenvalue weighted by molar-refractivity contribution is -0.114. The molecule has 0 bridgehead atoms. The number of aryl methyl sites for hydroxylation is 1. The highest BCUT2D eigenvalue weighted by molar-refractivity contribution is 6.00. The summed E-state index contributed by atoms with van der Waals surface area (Å²) in [5.41, 5.74) is 8.08. The number of ether oxygens (including phenoxy) is 2. The molecule has 1 amide bonds. The topological polar surface area (TPSA) is 85.3 Å². The Hall–Kier alpha value is -3.26. The number of primary amides is 1. The predicted octanol–water partition coefficient (Wildman–Crippen LogP) is 3.97. The predicted molar refractivity (Wildman–Crippen MR) is 105 cm³/mol. The van der Waals surface area contributed by atoms with Crippen molar-refractivity contribution in [3.63, 3.8) is 0 Å². The van der Waals surface area contributed by atoms with Crippen LogP contribution >= 0.6 is 0 Å². The number of hydrogen-bond donors (Lipinski definition) is 1. The highest BCUT2D eigenvalue weighted by Crippen LogP contribution is 2.27. The van der Waals surface area contributed by atoms with Crippen LogP contribution in [0, 0.1) is 18.3 Å². The summed E-state index contributed by atoms with van der Waals surface area (Å²) in [7, 11) is 0. The number of hydrogen-bond acceptors (Lipinski definition) is 4. The summed E-state index contributed by atoms with van der Waals surface area (Å²) in [6.07, 6.45) is 1.44. The first-order chi connectivity index (χ1) is 12.9. The van der Waals surface area contributed by atoms with Gasteiger partial charge in [0.2, 0.25) is 0 Å². The lowest BCUT2D eigenvalue weighted by Gasteiger charge is -2.15. The van der Waals surface area contributed by atoms with Gasteiger partial charge >= 0.3 is 0 Å². The molecule has 0 spiro atoms. The Kier molecular flexibility index (Phi) is 7.01. The maximum atomic E-state index is 11.1. The lowest BCUT2D eigenvalue weighted by atomic mass is 10.0. The highest BCUT2D eigenvalue weighted by atomic mass is 16.5. The first-order valence-corrected chi connectivity index (χ1v) is 8.78. The zero-order valence-corrected chi connectivity index (χ0v) is 15.9. The Balaban J connectivity index is 1.91. The Labute approximate surface area is 160 Å². The van der Waals surface area contributed by atoms with E-state index in [1.165, 1.54) is 11.6 Å². The van der Waals surface area contributed by atoms with Crippen molar-refractivity contribution in [2.45, 2.75) is 26.7 Å². The molecule has 0 aliphatic rings. The normalized spacial score (nSPS) is 11.1. The summed E-state index contributed by atoms with van der Waals surface area (Å²) in [6.45, 7) is 7.16. The molecular formula is C22H24N2O3. The first kappa shape index (κ1) is 20.1. The van der Waals surface area contributed by atoms with Gasteiger partial charge in [0.15, 0.2) is 0 Å². The van der Waals surface area contributed by atoms with Crippen molar-refractivity contribution in [3.05, 3.63) is 64.7 Å². The molecule has 0 fully saturated rings. The molecule has 0 heterocycles. The SMILES string of the molecule is Cc1ccc(C(C)C)c(OCCOc2ccc(C=C(C#N)C(N)=O)cc2)c1. The number of benzene rings is 2. The van der Waals surface area contributed by atoms with Gasteiger partial charge in [0, 0.05) is 0 Å². The molecule has 0 radical (unpaired) electrons. The monoisotopic (exact) mass is 364 g/mol. The summed E-state index contributed by atoms with van der Waals surface area (Å²) < 4.78 is 11.6. The maximum Gasteiger partial charge on any atom is 0.259 e. The molecule has 2 aromatic rings. The summed E-state index contributed by atoms with van der Waals surface area (Å²) in [6, 6.07) is 15.1. The van der Waals surface area contributed by atoms with Gasteiger partial charge in [0.05, 0.1) is 0 Å². The van der Waals surface area contributed by atoms with Crippen LogP contribution in [0.1, 0.15) is 36.5 Å². The van der Waals surface area contributed by atoms with Crippen LogP contribution in [-0.4, -0.2) is 19.1 Å². The molecular weight excluding hydrogens is 340 g/mol. The number of carbonyl (C=O) groups excluding carboxylic acids is 1. The molecule has 0 aliphatic heterocycles. The van der Waals surface area contributed by atoms with Crippen molar-refractivity contribution >= 4 is 12.0 Å². The van der Waals surface area contributed by atoms with Crippen molar-refractivity contribution in [1.82, 2.24) is 0 Å². The van der Waals surface area contributed by atoms with Gasteiger partial charge in [-0.2, -0.15) is 5.26 Å². The van der Waals surface area contributed by atoms with E-state index in [2.05, 4.69) is 26.0 Å². The molecule has 0 saturated carbocycles. The minimum atomic E-state index is -0.744. The molecule has 5 heteroatoms. The summed E-state index contributed by atoms with van der Waals surface area (Å²) in [4.78, 5) is 11.1. The molecule has 140 valence electrons. The Morgan fingerprint density at radius 2 is 1.81 bits per heavy atom. The molecule has 0 aromatic heterocycles. The van der Waals surface area contributed by atoms with E-state index in [0.29, 0.717) is 30.4 Å². The van der Waals surface area contributed by atoms with E-state index in [1.54, 1.807) is 30.3 Å². The standard InChI is InChI=1S/C22H24N2O3/c1-15(2)20-9-4-16(3)12-21(20)27-11-10-26-19-7-5-17(6-8-19)13-18(14-23)22(24)25/h4-9,12-13,15H,10-11H2,1-3H3,(H2,24,25). The minimum absolute atomic E-state index is 0.0869. The molecule has 0 atom stereocenters. The third-order valence-electron chi connectivity index (χ3n) is 3.98. The highest BCUT2D eigenvalue weighted by Gasteiger charge is 2.08. The van der Waals surface area contributed by atoms with E-state index >= 15 is 0 Å². The van der Waals surface area contributed by atoms with Crippen LogP contribution in [0.5, 0.6) is 11.5 Å². The van der Waals surface area contributed by atoms with Crippen molar-refractivity contribution in [2.75, 3.05) is 13.2 Å². The van der Waals surface area contributed by atoms with Crippen LogP contribution in [-0.2, 0) is 4.79 Å². The van der Waals surface area contributed by atoms with Crippen LogP contribution in [0.3, 0.4) is 0 Å². The minimum Gasteiger partial charge on any atom is -0.490 e. The van der Waals surface area contributed by atoms with Crippen LogP contribution in [0.25, 0.3) is 6.08 Å². The smallest absolute Gasteiger partial charge is 0.259 e. The van der Waals surface area contributed by atoms with E-state index in [1.807, 2.05) is 13.0 Å². The van der Waals surface area contributed by atoms with E-state index in [0.717, 1.165) is 11.3 Å². The average Bonchev–Trinajstić information content (AvgIpc) is 2.64. The Bertz CT molecular complexity index is 862. The summed E-state index contributed by atoms with van der Waals surface area (Å²) >= 11 is 0. The number of nitrogens with zero attached hydrogens (tertiary/aromatic N) is 1. The van der Waals surface area contributed by atoms with E-state index < -0.39 is 5.91 Å². The second kappa shape index (κ2) is 9.44. The summed E-state index contributed by atoms with van der Waals surface area (Å²) in [5.74, 6) is 1.22. The summed E-state index contributed by atoms with van der Waals surface area (Å²) in [5, 5.41) is 8.86. The van der Waals surface area contributed by atoms with Crippen LogP contribution in [0.4, 0.5) is 0 Å². The molecule has 0 unspecified atom stereocenters. The van der Waals surface area contributed by atoms with Crippen LogP contribution in [0.15, 0.2) is 48.0 Å². The van der Waals surface area contributed by atoms with Crippen LogP contribution < -0.4 is 15.2 Å². The Morgan fingerprint density at radius 3 is 2.41 bits per heavy atom. The van der Waals surface area contributed by atoms with Gasteiger partial charge in [-0.05, 0) is 53.8 Å². The van der Waals surface area contributed by atoms with Gasteiger partial charge in [-0.3, -0.25) is 4.79 Å². The number of nitrogens with two attached hydrogens (primary N) is 1. The third kappa shape index (κ3) is 5.89. The van der Waals surface area contributed by atoms with E-state index in [-0.39, 0.29) is 5.57 Å². The molecule has 5 nitrogen and oxygen atoms in total. The quantitative estimate of drug-likeness (QED) is 0.436. The molecule has 27 heavy (non-hydrogen) atoms. The number of rotatable bonds is 8. The van der Waals surface area contributed by atoms with Gasteiger partial charge in [-0.15, -0.1) is 0 Å². The largest absolute Gasteiger partial charge is 0.490 e. The van der Waals surface area contributed by atoms with E-state index in [4.69, 9.17) is 20.5 Å².